The third-order valence-corrected chi connectivity index (χ3v) is 10.1. The molecule has 0 saturated heterocycles. The summed E-state index contributed by atoms with van der Waals surface area (Å²) in [6, 6.07) is 0. The summed E-state index contributed by atoms with van der Waals surface area (Å²) in [5, 5.41) is 0. The molecule has 6 heteroatoms. The van der Waals surface area contributed by atoms with Gasteiger partial charge in [0, 0.05) is 19.3 Å². The minimum atomic E-state index is -0.829. The number of hydrogen-bond acceptors (Lipinski definition) is 6. The van der Waals surface area contributed by atoms with E-state index in [2.05, 4.69) is 154 Å². The zero-order chi connectivity index (χ0) is 47.2. The van der Waals surface area contributed by atoms with Crippen molar-refractivity contribution in [1.82, 2.24) is 0 Å². The van der Waals surface area contributed by atoms with Gasteiger partial charge in [-0.2, -0.15) is 0 Å². The fourth-order valence-corrected chi connectivity index (χ4v) is 6.31. The molecule has 0 aromatic heterocycles. The molecule has 0 fully saturated rings. The molecular weight excluding hydrogens is 805 g/mol. The molecule has 0 saturated carbocycles. The minimum Gasteiger partial charge on any atom is -0.462 e. The van der Waals surface area contributed by atoms with Gasteiger partial charge in [0.15, 0.2) is 6.10 Å². The van der Waals surface area contributed by atoms with Crippen molar-refractivity contribution >= 4 is 17.9 Å². The zero-order valence-corrected chi connectivity index (χ0v) is 41.4. The van der Waals surface area contributed by atoms with E-state index in [1.807, 2.05) is 0 Å². The number of carbonyl (C=O) groups excluding carboxylic acids is 3. The number of ether oxygens (including phenoxy) is 3. The first-order valence-corrected chi connectivity index (χ1v) is 25.7. The summed E-state index contributed by atoms with van der Waals surface area (Å²) in [5.41, 5.74) is 0. The van der Waals surface area contributed by atoms with Crippen molar-refractivity contribution in [3.8, 4) is 0 Å². The highest BCUT2D eigenvalue weighted by Crippen LogP contribution is 2.11. The molecular formula is C59H92O6. The lowest BCUT2D eigenvalue weighted by Crippen LogP contribution is -2.30. The van der Waals surface area contributed by atoms with Crippen LogP contribution in [-0.2, 0) is 28.6 Å². The number of unbranched alkanes of at least 4 members (excludes halogenated alkanes) is 11. The molecule has 0 aliphatic heterocycles. The van der Waals surface area contributed by atoms with Gasteiger partial charge in [-0.3, -0.25) is 14.4 Å². The molecule has 1 atom stereocenters. The van der Waals surface area contributed by atoms with Crippen molar-refractivity contribution in [3.05, 3.63) is 134 Å². The smallest absolute Gasteiger partial charge is 0.306 e. The Kier molecular flexibility index (Phi) is 48.6. The zero-order valence-electron chi connectivity index (χ0n) is 41.4. The van der Waals surface area contributed by atoms with Crippen LogP contribution in [0.4, 0.5) is 0 Å². The third kappa shape index (κ3) is 50.4. The first-order chi connectivity index (χ1) is 32.0. The van der Waals surface area contributed by atoms with Crippen LogP contribution < -0.4 is 0 Å². The summed E-state index contributed by atoms with van der Waals surface area (Å²) in [4.78, 5) is 37.9. The van der Waals surface area contributed by atoms with Gasteiger partial charge < -0.3 is 14.2 Å². The largest absolute Gasteiger partial charge is 0.462 e. The van der Waals surface area contributed by atoms with Crippen LogP contribution in [0.5, 0.6) is 0 Å². The van der Waals surface area contributed by atoms with Gasteiger partial charge in [-0.25, -0.2) is 0 Å². The molecule has 0 spiro atoms. The van der Waals surface area contributed by atoms with Crippen LogP contribution in [0, 0.1) is 0 Å². The van der Waals surface area contributed by atoms with Crippen molar-refractivity contribution in [2.24, 2.45) is 0 Å². The molecule has 0 bridgehead atoms. The maximum absolute atomic E-state index is 12.8. The normalized spacial score (nSPS) is 13.2. The van der Waals surface area contributed by atoms with E-state index in [1.54, 1.807) is 0 Å². The van der Waals surface area contributed by atoms with Crippen molar-refractivity contribution in [3.63, 3.8) is 0 Å². The Hall–Kier alpha value is -4.45. The maximum Gasteiger partial charge on any atom is 0.306 e. The molecule has 0 aliphatic carbocycles. The van der Waals surface area contributed by atoms with Gasteiger partial charge in [-0.15, -0.1) is 0 Å². The lowest BCUT2D eigenvalue weighted by molar-refractivity contribution is -0.167. The Bertz CT molecular complexity index is 1450. The van der Waals surface area contributed by atoms with Crippen LogP contribution in [0.25, 0.3) is 0 Å². The molecule has 65 heavy (non-hydrogen) atoms. The van der Waals surface area contributed by atoms with Crippen LogP contribution in [0.2, 0.25) is 0 Å². The van der Waals surface area contributed by atoms with Gasteiger partial charge in [-0.1, -0.05) is 193 Å². The molecule has 0 heterocycles. The third-order valence-electron chi connectivity index (χ3n) is 10.1. The van der Waals surface area contributed by atoms with E-state index in [4.69, 9.17) is 14.2 Å². The monoisotopic (exact) mass is 897 g/mol. The predicted molar refractivity (Wildman–Crippen MR) is 279 cm³/mol. The standard InChI is InChI=1S/C59H92O6/c1-4-7-10-13-16-19-22-24-26-28-29-31-32-34-37-40-43-46-49-52-58(61)64-55-56(54-63-57(60)51-48-45-42-39-36-21-18-15-12-9-6-3)65-59(62)53-50-47-44-41-38-35-33-30-27-25-23-20-17-14-11-8-5-2/h7-8,10-11,15-20,24-27,29,31,33-35,37,41,44,56H,4-6,9,12-14,21-23,28,30,32,36,38-40,42-43,45-55H2,1-3H3/b10-7-,11-8-,18-15-,19-16-,20-17-,26-24-,27-25-,31-29-,35-33-,37-34-,44-41-/t56-/m0/s1. The molecule has 6 nitrogen and oxygen atoms in total. The lowest BCUT2D eigenvalue weighted by atomic mass is 10.1. The number of rotatable bonds is 44. The van der Waals surface area contributed by atoms with Crippen molar-refractivity contribution in [1.29, 1.82) is 0 Å². The fourth-order valence-electron chi connectivity index (χ4n) is 6.31. The van der Waals surface area contributed by atoms with Gasteiger partial charge in [0.2, 0.25) is 0 Å². The molecule has 0 aromatic carbocycles. The topological polar surface area (TPSA) is 78.9 Å². The van der Waals surface area contributed by atoms with Crippen molar-refractivity contribution in [2.45, 2.75) is 207 Å². The van der Waals surface area contributed by atoms with E-state index < -0.39 is 6.10 Å². The Morgan fingerprint density at radius 2 is 0.615 bits per heavy atom. The molecule has 0 radical (unpaired) electrons. The maximum atomic E-state index is 12.8. The Labute approximate surface area is 398 Å². The second kappa shape index (κ2) is 52.2. The first kappa shape index (κ1) is 60.5. The van der Waals surface area contributed by atoms with Crippen molar-refractivity contribution in [2.75, 3.05) is 13.2 Å². The van der Waals surface area contributed by atoms with Crippen LogP contribution in [0.15, 0.2) is 134 Å². The fraction of sp³-hybridized carbons (Fsp3) is 0.576. The summed E-state index contributed by atoms with van der Waals surface area (Å²) in [5.74, 6) is -1.03. The lowest BCUT2D eigenvalue weighted by Gasteiger charge is -2.18. The SMILES string of the molecule is CC/C=C\C/C=C\C/C=C\C/C=C\C/C=C\CCCCCC(=O)OC[C@H](COC(=O)CCCCCCC/C=C\CCCC)OC(=O)CCC/C=C\C/C=C\C/C=C\C/C=C\C/C=C\CC. The van der Waals surface area contributed by atoms with E-state index in [9.17, 15) is 14.4 Å². The van der Waals surface area contributed by atoms with E-state index in [1.165, 1.54) is 25.7 Å². The molecule has 0 rings (SSSR count). The molecule has 0 N–H and O–H groups in total. The van der Waals surface area contributed by atoms with Crippen LogP contribution in [-0.4, -0.2) is 37.2 Å². The summed E-state index contributed by atoms with van der Waals surface area (Å²) >= 11 is 0. The average Bonchev–Trinajstić information content (AvgIpc) is 3.30. The predicted octanol–water partition coefficient (Wildman–Crippen LogP) is 17.1. The average molecular weight is 897 g/mol. The highest BCUT2D eigenvalue weighted by Gasteiger charge is 2.19. The van der Waals surface area contributed by atoms with Gasteiger partial charge in [0.05, 0.1) is 0 Å². The van der Waals surface area contributed by atoms with Gasteiger partial charge in [0.1, 0.15) is 13.2 Å². The van der Waals surface area contributed by atoms with E-state index in [-0.39, 0.29) is 37.5 Å². The molecule has 0 unspecified atom stereocenters. The van der Waals surface area contributed by atoms with E-state index in [0.29, 0.717) is 19.3 Å². The number of esters is 3. The van der Waals surface area contributed by atoms with Gasteiger partial charge in [0.25, 0.3) is 0 Å². The first-order valence-electron chi connectivity index (χ1n) is 25.7. The Morgan fingerprint density at radius 3 is 1.02 bits per heavy atom. The summed E-state index contributed by atoms with van der Waals surface area (Å²) in [7, 11) is 0. The van der Waals surface area contributed by atoms with E-state index in [0.717, 1.165) is 128 Å². The van der Waals surface area contributed by atoms with Crippen LogP contribution >= 0.6 is 0 Å². The number of carbonyl (C=O) groups is 3. The van der Waals surface area contributed by atoms with Crippen LogP contribution in [0.1, 0.15) is 201 Å². The summed E-state index contributed by atoms with van der Waals surface area (Å²) in [6.45, 7) is 6.26. The van der Waals surface area contributed by atoms with Crippen molar-refractivity contribution < 1.29 is 28.6 Å². The summed E-state index contributed by atoms with van der Waals surface area (Å²) < 4.78 is 16.7. The highest BCUT2D eigenvalue weighted by atomic mass is 16.6. The minimum absolute atomic E-state index is 0.121. The van der Waals surface area contributed by atoms with Gasteiger partial charge >= 0.3 is 17.9 Å². The van der Waals surface area contributed by atoms with Gasteiger partial charge in [-0.05, 0) is 122 Å². The quantitative estimate of drug-likeness (QED) is 0.0262. The second-order valence-electron chi connectivity index (χ2n) is 16.3. The van der Waals surface area contributed by atoms with E-state index >= 15 is 0 Å². The molecule has 0 aromatic rings. The molecule has 364 valence electrons. The Morgan fingerprint density at radius 1 is 0.323 bits per heavy atom. The molecule has 0 aliphatic rings. The van der Waals surface area contributed by atoms with Crippen LogP contribution in [0.3, 0.4) is 0 Å². The number of hydrogen-bond donors (Lipinski definition) is 0. The molecule has 0 amide bonds. The summed E-state index contributed by atoms with van der Waals surface area (Å²) in [6.07, 6.45) is 73.0. The Balaban J connectivity index is 4.56. The number of allylic oxidation sites excluding steroid dienone is 22. The highest BCUT2D eigenvalue weighted by molar-refractivity contribution is 5.71. The second-order valence-corrected chi connectivity index (χ2v) is 16.3.